The van der Waals surface area contributed by atoms with Crippen LogP contribution in [-0.4, -0.2) is 57.0 Å². The maximum atomic E-state index is 13.4. The molecule has 0 spiro atoms. The molecule has 1 amide bonds. The number of likely N-dealkylation sites (N-methyl/N-ethyl adjacent to an activating group) is 1. The minimum absolute atomic E-state index is 0.0534. The van der Waals surface area contributed by atoms with Crippen LogP contribution in [0.15, 0.2) is 54.1 Å². The van der Waals surface area contributed by atoms with Crippen LogP contribution in [0.3, 0.4) is 0 Å². The summed E-state index contributed by atoms with van der Waals surface area (Å²) in [7, 11) is 3.06. The van der Waals surface area contributed by atoms with Gasteiger partial charge < -0.3 is 24.4 Å². The molecule has 1 aliphatic heterocycles. The van der Waals surface area contributed by atoms with Gasteiger partial charge in [0.1, 0.15) is 11.5 Å². The van der Waals surface area contributed by atoms with Gasteiger partial charge in [-0.05, 0) is 37.6 Å². The van der Waals surface area contributed by atoms with Gasteiger partial charge in [0, 0.05) is 11.1 Å². The zero-order valence-electron chi connectivity index (χ0n) is 19.0. The monoisotopic (exact) mass is 438 g/mol. The highest BCUT2D eigenvalue weighted by Crippen LogP contribution is 2.43. The Balaban J connectivity index is 2.18. The van der Waals surface area contributed by atoms with Gasteiger partial charge in [-0.3, -0.25) is 9.59 Å². The van der Waals surface area contributed by atoms with E-state index < -0.39 is 23.5 Å². The lowest BCUT2D eigenvalue weighted by molar-refractivity contribution is -0.895. The van der Waals surface area contributed by atoms with E-state index in [2.05, 4.69) is 13.8 Å². The highest BCUT2D eigenvalue weighted by atomic mass is 16.5. The van der Waals surface area contributed by atoms with Crippen molar-refractivity contribution in [3.8, 4) is 11.5 Å². The van der Waals surface area contributed by atoms with Gasteiger partial charge in [-0.1, -0.05) is 36.1 Å². The number of ether oxygens (including phenoxy) is 2. The summed E-state index contributed by atoms with van der Waals surface area (Å²) in [4.78, 5) is 29.0. The molecular formula is C25H30N2O5. The van der Waals surface area contributed by atoms with Crippen molar-refractivity contribution in [2.45, 2.75) is 19.9 Å². The second-order valence-corrected chi connectivity index (χ2v) is 7.65. The molecule has 0 saturated carbocycles. The molecule has 1 saturated heterocycles. The van der Waals surface area contributed by atoms with Crippen molar-refractivity contribution in [1.29, 1.82) is 0 Å². The Bertz CT molecular complexity index is 999. The number of nitrogens with one attached hydrogen (secondary N) is 1. The second-order valence-electron chi connectivity index (χ2n) is 7.65. The zero-order valence-corrected chi connectivity index (χ0v) is 19.0. The number of Topliss-reactive ketones (excluding diaryl/α,β-unsaturated/α-hetero) is 1. The van der Waals surface area contributed by atoms with Crippen molar-refractivity contribution in [2.24, 2.45) is 0 Å². The van der Waals surface area contributed by atoms with E-state index >= 15 is 0 Å². The van der Waals surface area contributed by atoms with Crippen molar-refractivity contribution in [2.75, 3.05) is 40.4 Å². The smallest absolute Gasteiger partial charge is 0.295 e. The highest BCUT2D eigenvalue weighted by molar-refractivity contribution is 6.46. The van der Waals surface area contributed by atoms with Gasteiger partial charge in [0.15, 0.2) is 0 Å². The van der Waals surface area contributed by atoms with E-state index in [1.54, 1.807) is 48.5 Å². The topological polar surface area (TPSA) is 83.3 Å². The van der Waals surface area contributed by atoms with Gasteiger partial charge in [0.05, 0.1) is 46.4 Å². The number of hydrogen-bond acceptors (Lipinski definition) is 5. The van der Waals surface area contributed by atoms with Gasteiger partial charge >= 0.3 is 0 Å². The molecule has 1 aliphatic rings. The molecule has 0 aromatic heterocycles. The summed E-state index contributed by atoms with van der Waals surface area (Å²) in [5.41, 5.74) is 0.869. The van der Waals surface area contributed by atoms with Crippen molar-refractivity contribution >= 4 is 17.4 Å². The van der Waals surface area contributed by atoms with E-state index in [4.69, 9.17) is 9.47 Å². The Hall–Kier alpha value is -3.32. The molecular weight excluding hydrogens is 408 g/mol. The minimum atomic E-state index is -0.845. The first kappa shape index (κ1) is 23.3. The lowest BCUT2D eigenvalue weighted by Gasteiger charge is -2.29. The van der Waals surface area contributed by atoms with Gasteiger partial charge in [0.2, 0.25) is 5.78 Å². The lowest BCUT2D eigenvalue weighted by Crippen LogP contribution is -3.12. The second kappa shape index (κ2) is 10.3. The lowest BCUT2D eigenvalue weighted by atomic mass is 9.94. The van der Waals surface area contributed by atoms with E-state index in [9.17, 15) is 14.7 Å². The molecule has 1 N–H and O–H groups in total. The van der Waals surface area contributed by atoms with Gasteiger partial charge in [-0.15, -0.1) is 0 Å². The van der Waals surface area contributed by atoms with Crippen LogP contribution in [0.25, 0.3) is 5.76 Å². The third-order valence-corrected chi connectivity index (χ3v) is 6.00. The van der Waals surface area contributed by atoms with E-state index in [-0.39, 0.29) is 5.57 Å². The number of benzene rings is 2. The first-order valence-corrected chi connectivity index (χ1v) is 10.8. The average Bonchev–Trinajstić information content (AvgIpc) is 3.09. The molecule has 170 valence electrons. The first-order chi connectivity index (χ1) is 15.5. The molecule has 0 aliphatic carbocycles. The van der Waals surface area contributed by atoms with E-state index in [1.807, 2.05) is 0 Å². The number of nitrogens with zero attached hydrogens (tertiary/aromatic N) is 1. The molecule has 2 aromatic rings. The van der Waals surface area contributed by atoms with Crippen LogP contribution in [0, 0.1) is 0 Å². The standard InChI is InChI=1S/C25H30N2O5/c1-5-26(6-2)14-15-27-22(19-16-18(31-3)12-13-20(19)32-4)21(24(29)25(27)30)23(28)17-10-8-7-9-11-17/h7-13,16,22,28H,5-6,14-15H2,1-4H3. The SMILES string of the molecule is CC[NH+](CC)CCN1C(=O)C(=O)C(=C([O-])c2ccccc2)C1c1cc(OC)ccc1OC. The molecule has 1 atom stereocenters. The summed E-state index contributed by atoms with van der Waals surface area (Å²) in [6, 6.07) is 12.9. The van der Waals surface area contributed by atoms with Crippen LogP contribution in [0.4, 0.5) is 0 Å². The Morgan fingerprint density at radius 2 is 1.72 bits per heavy atom. The van der Waals surface area contributed by atoms with Crippen LogP contribution in [-0.2, 0) is 9.59 Å². The molecule has 32 heavy (non-hydrogen) atoms. The average molecular weight is 439 g/mol. The number of ketones is 1. The summed E-state index contributed by atoms with van der Waals surface area (Å²) in [5.74, 6) is -0.837. The largest absolute Gasteiger partial charge is 0.872 e. The van der Waals surface area contributed by atoms with Gasteiger partial charge in [0.25, 0.3) is 5.91 Å². The fourth-order valence-corrected chi connectivity index (χ4v) is 4.10. The third kappa shape index (κ3) is 4.48. The Morgan fingerprint density at radius 3 is 2.31 bits per heavy atom. The van der Waals surface area contributed by atoms with Crippen molar-refractivity contribution < 1.29 is 29.1 Å². The predicted molar refractivity (Wildman–Crippen MR) is 119 cm³/mol. The summed E-state index contributed by atoms with van der Waals surface area (Å²) in [5, 5.41) is 13.4. The maximum absolute atomic E-state index is 13.4. The van der Waals surface area contributed by atoms with Crippen LogP contribution in [0.1, 0.15) is 31.0 Å². The number of hydrogen-bond donors (Lipinski definition) is 1. The molecule has 1 heterocycles. The van der Waals surface area contributed by atoms with Crippen LogP contribution in [0.2, 0.25) is 0 Å². The molecule has 0 radical (unpaired) electrons. The quantitative estimate of drug-likeness (QED) is 0.357. The molecule has 2 aromatic carbocycles. The number of carbonyl (C=O) groups excluding carboxylic acids is 2. The van der Waals surface area contributed by atoms with E-state index in [1.165, 1.54) is 24.0 Å². The number of carbonyl (C=O) groups is 2. The van der Waals surface area contributed by atoms with E-state index in [0.29, 0.717) is 35.7 Å². The third-order valence-electron chi connectivity index (χ3n) is 6.00. The zero-order chi connectivity index (χ0) is 23.3. The Kier molecular flexibility index (Phi) is 7.53. The maximum Gasteiger partial charge on any atom is 0.295 e. The van der Waals surface area contributed by atoms with Crippen LogP contribution in [0.5, 0.6) is 11.5 Å². The number of methoxy groups -OCH3 is 2. The Labute approximate surface area is 188 Å². The molecule has 3 rings (SSSR count). The molecule has 7 heteroatoms. The molecule has 0 bridgehead atoms. The van der Waals surface area contributed by atoms with Crippen LogP contribution < -0.4 is 19.5 Å². The summed E-state index contributed by atoms with van der Waals surface area (Å²) >= 11 is 0. The fourth-order valence-electron chi connectivity index (χ4n) is 4.10. The van der Waals surface area contributed by atoms with Crippen molar-refractivity contribution in [3.05, 3.63) is 65.2 Å². The minimum Gasteiger partial charge on any atom is -0.872 e. The van der Waals surface area contributed by atoms with E-state index in [0.717, 1.165) is 13.1 Å². The Morgan fingerprint density at radius 1 is 1.03 bits per heavy atom. The normalized spacial score (nSPS) is 17.8. The highest BCUT2D eigenvalue weighted by Gasteiger charge is 2.45. The first-order valence-electron chi connectivity index (χ1n) is 10.8. The number of amides is 1. The predicted octanol–water partition coefficient (Wildman–Crippen LogP) is 0.853. The summed E-state index contributed by atoms with van der Waals surface area (Å²) < 4.78 is 10.9. The molecule has 7 nitrogen and oxygen atoms in total. The summed E-state index contributed by atoms with van der Waals surface area (Å²) in [6.07, 6.45) is 0. The van der Waals surface area contributed by atoms with Gasteiger partial charge in [-0.25, -0.2) is 0 Å². The number of rotatable bonds is 9. The van der Waals surface area contributed by atoms with Crippen LogP contribution >= 0.6 is 0 Å². The molecule has 1 unspecified atom stereocenters. The molecule has 1 fully saturated rings. The van der Waals surface area contributed by atoms with Crippen molar-refractivity contribution in [3.63, 3.8) is 0 Å². The van der Waals surface area contributed by atoms with Crippen molar-refractivity contribution in [1.82, 2.24) is 4.90 Å². The fraction of sp³-hybridized carbons (Fsp3) is 0.360. The van der Waals surface area contributed by atoms with Gasteiger partial charge in [-0.2, -0.15) is 0 Å². The number of likely N-dealkylation sites (tertiary alicyclic amines) is 1. The number of quaternary nitrogens is 1. The summed E-state index contributed by atoms with van der Waals surface area (Å²) in [6.45, 7) is 6.97.